The molecule has 1 aromatic carbocycles. The van der Waals surface area contributed by atoms with E-state index in [2.05, 4.69) is 5.32 Å². The van der Waals surface area contributed by atoms with Crippen molar-refractivity contribution in [3.8, 4) is 0 Å². The number of anilines is 1. The molecule has 1 heterocycles. The lowest BCUT2D eigenvalue weighted by Gasteiger charge is -2.19. The highest BCUT2D eigenvalue weighted by Gasteiger charge is 2.31. The summed E-state index contributed by atoms with van der Waals surface area (Å²) in [7, 11) is -4.34. The molecule has 0 bridgehead atoms. The number of halogens is 1. The van der Waals surface area contributed by atoms with Crippen LogP contribution in [0.5, 0.6) is 0 Å². The Morgan fingerprint density at radius 2 is 1.89 bits per heavy atom. The van der Waals surface area contributed by atoms with Crippen molar-refractivity contribution < 1.29 is 18.7 Å². The molecule has 18 heavy (non-hydrogen) atoms. The summed E-state index contributed by atoms with van der Waals surface area (Å²) in [6.07, 6.45) is 0. The maximum absolute atomic E-state index is 12.8. The van der Waals surface area contributed by atoms with Crippen LogP contribution in [0.4, 0.5) is 10.1 Å². The van der Waals surface area contributed by atoms with E-state index in [1.807, 2.05) is 0 Å². The van der Waals surface area contributed by atoms with Crippen LogP contribution < -0.4 is 5.32 Å². The number of rotatable bonds is 4. The zero-order valence-corrected chi connectivity index (χ0v) is 10.9. The zero-order valence-electron chi connectivity index (χ0n) is 9.15. The van der Waals surface area contributed by atoms with Gasteiger partial charge < -0.3 is 15.1 Å². The highest BCUT2D eigenvalue weighted by molar-refractivity contribution is 7.52. The molecule has 7 heteroatoms. The van der Waals surface area contributed by atoms with Crippen LogP contribution in [0, 0.1) is 5.82 Å². The van der Waals surface area contributed by atoms with Crippen LogP contribution in [0.3, 0.4) is 0 Å². The Morgan fingerprint density at radius 1 is 1.22 bits per heavy atom. The van der Waals surface area contributed by atoms with E-state index in [0.29, 0.717) is 10.6 Å². The Balaban J connectivity index is 2.26. The normalized spacial score (nSPS) is 13.3. The van der Waals surface area contributed by atoms with Crippen molar-refractivity contribution in [2.45, 2.75) is 5.78 Å². The summed E-state index contributed by atoms with van der Waals surface area (Å²) in [5.74, 6) is -1.51. The Morgan fingerprint density at radius 3 is 2.39 bits per heavy atom. The lowest BCUT2D eigenvalue weighted by molar-refractivity contribution is 0.363. The summed E-state index contributed by atoms with van der Waals surface area (Å²) >= 11 is 1.25. The molecule has 0 saturated heterocycles. The van der Waals surface area contributed by atoms with Crippen LogP contribution in [0.25, 0.3) is 0 Å². The predicted molar refractivity (Wildman–Crippen MR) is 69.1 cm³/mol. The fourth-order valence-corrected chi connectivity index (χ4v) is 3.46. The minimum Gasteiger partial charge on any atom is -0.367 e. The van der Waals surface area contributed by atoms with Gasteiger partial charge in [-0.2, -0.15) is 0 Å². The molecule has 0 saturated carbocycles. The smallest absolute Gasteiger partial charge is 0.352 e. The first-order chi connectivity index (χ1) is 8.47. The largest absolute Gasteiger partial charge is 0.367 e. The van der Waals surface area contributed by atoms with Crippen LogP contribution in [-0.2, 0) is 4.57 Å². The molecule has 0 radical (unpaired) electrons. The quantitative estimate of drug-likeness (QED) is 0.755. The third kappa shape index (κ3) is 3.17. The van der Waals surface area contributed by atoms with E-state index >= 15 is 0 Å². The second-order valence-electron chi connectivity index (χ2n) is 3.66. The van der Waals surface area contributed by atoms with Gasteiger partial charge in [0.2, 0.25) is 0 Å². The fourth-order valence-electron chi connectivity index (χ4n) is 1.47. The van der Waals surface area contributed by atoms with Gasteiger partial charge in [-0.3, -0.25) is 4.57 Å². The van der Waals surface area contributed by atoms with Gasteiger partial charge in [-0.1, -0.05) is 6.07 Å². The van der Waals surface area contributed by atoms with E-state index in [4.69, 9.17) is 0 Å². The van der Waals surface area contributed by atoms with Crippen LogP contribution in [0.2, 0.25) is 0 Å². The summed E-state index contributed by atoms with van der Waals surface area (Å²) < 4.78 is 24.2. The zero-order chi connectivity index (χ0) is 13.2. The highest BCUT2D eigenvalue weighted by Crippen LogP contribution is 2.52. The van der Waals surface area contributed by atoms with Gasteiger partial charge in [0.1, 0.15) is 5.82 Å². The predicted octanol–water partition coefficient (Wildman–Crippen LogP) is 3.18. The Bertz CT molecular complexity index is 552. The Kier molecular flexibility index (Phi) is 3.82. The van der Waals surface area contributed by atoms with Crippen molar-refractivity contribution in [2.75, 3.05) is 5.32 Å². The number of thiophene rings is 1. The molecule has 2 rings (SSSR count). The lowest BCUT2D eigenvalue weighted by atomic mass is 10.3. The highest BCUT2D eigenvalue weighted by atomic mass is 32.1. The first-order valence-corrected chi connectivity index (χ1v) is 7.63. The lowest BCUT2D eigenvalue weighted by Crippen LogP contribution is -2.09. The SMILES string of the molecule is O=P(O)(O)[C@H](Nc1ccc(F)cc1)c1cccs1. The molecule has 2 aromatic rings. The van der Waals surface area contributed by atoms with Crippen molar-refractivity contribution in [3.63, 3.8) is 0 Å². The van der Waals surface area contributed by atoms with Crippen molar-refractivity contribution >= 4 is 24.6 Å². The molecule has 1 aromatic heterocycles. The fraction of sp³-hybridized carbons (Fsp3) is 0.0909. The van der Waals surface area contributed by atoms with Gasteiger partial charge in [-0.15, -0.1) is 11.3 Å². The van der Waals surface area contributed by atoms with Crippen LogP contribution >= 0.6 is 18.9 Å². The molecular weight excluding hydrogens is 276 g/mol. The molecule has 0 unspecified atom stereocenters. The van der Waals surface area contributed by atoms with Gasteiger partial charge >= 0.3 is 7.60 Å². The van der Waals surface area contributed by atoms with Crippen molar-refractivity contribution in [1.29, 1.82) is 0 Å². The Labute approximate surface area is 107 Å². The van der Waals surface area contributed by atoms with Gasteiger partial charge in [0.15, 0.2) is 5.78 Å². The summed E-state index contributed by atoms with van der Waals surface area (Å²) in [4.78, 5) is 19.2. The average Bonchev–Trinajstić information content (AvgIpc) is 2.80. The molecule has 1 atom stereocenters. The molecule has 0 aliphatic carbocycles. The van der Waals surface area contributed by atoms with Crippen LogP contribution in [0.15, 0.2) is 41.8 Å². The molecule has 0 spiro atoms. The van der Waals surface area contributed by atoms with Crippen molar-refractivity contribution in [2.24, 2.45) is 0 Å². The second kappa shape index (κ2) is 5.20. The monoisotopic (exact) mass is 287 g/mol. The van der Waals surface area contributed by atoms with Gasteiger partial charge in [0.05, 0.1) is 0 Å². The maximum atomic E-state index is 12.8. The minimum absolute atomic E-state index is 0.399. The van der Waals surface area contributed by atoms with Gasteiger partial charge in [-0.05, 0) is 35.7 Å². The molecule has 0 aliphatic rings. The topological polar surface area (TPSA) is 69.6 Å². The summed E-state index contributed by atoms with van der Waals surface area (Å²) in [5, 5.41) is 4.47. The van der Waals surface area contributed by atoms with Crippen LogP contribution in [0.1, 0.15) is 10.7 Å². The number of nitrogens with one attached hydrogen (secondary N) is 1. The minimum atomic E-state index is -4.34. The van der Waals surface area contributed by atoms with Crippen molar-refractivity contribution in [3.05, 3.63) is 52.5 Å². The molecular formula is C11H11FNO3PS. The third-order valence-electron chi connectivity index (χ3n) is 2.30. The van der Waals surface area contributed by atoms with Gasteiger partial charge in [0.25, 0.3) is 0 Å². The van der Waals surface area contributed by atoms with E-state index in [-0.39, 0.29) is 0 Å². The molecule has 0 amide bonds. The van der Waals surface area contributed by atoms with Crippen molar-refractivity contribution in [1.82, 2.24) is 0 Å². The summed E-state index contributed by atoms with van der Waals surface area (Å²) in [6.45, 7) is 0. The molecule has 96 valence electrons. The summed E-state index contributed by atoms with van der Waals surface area (Å²) in [6, 6.07) is 8.69. The van der Waals surface area contributed by atoms with Gasteiger partial charge in [0, 0.05) is 10.6 Å². The summed E-state index contributed by atoms with van der Waals surface area (Å²) in [5.41, 5.74) is 0.457. The van der Waals surface area contributed by atoms with E-state index in [0.717, 1.165) is 0 Å². The van der Waals surface area contributed by atoms with E-state index in [9.17, 15) is 18.7 Å². The number of hydrogen-bond acceptors (Lipinski definition) is 3. The first kappa shape index (κ1) is 13.2. The van der Waals surface area contributed by atoms with E-state index < -0.39 is 19.2 Å². The van der Waals surface area contributed by atoms with Gasteiger partial charge in [-0.25, -0.2) is 4.39 Å². The molecule has 0 fully saturated rings. The number of hydrogen-bond donors (Lipinski definition) is 3. The van der Waals surface area contributed by atoms with E-state index in [1.165, 1.54) is 35.6 Å². The van der Waals surface area contributed by atoms with E-state index in [1.54, 1.807) is 17.5 Å². The first-order valence-electron chi connectivity index (χ1n) is 5.07. The number of benzene rings is 1. The van der Waals surface area contributed by atoms with Crippen LogP contribution in [-0.4, -0.2) is 9.79 Å². The second-order valence-corrected chi connectivity index (χ2v) is 6.33. The molecule has 4 nitrogen and oxygen atoms in total. The average molecular weight is 287 g/mol. The standard InChI is InChI=1S/C11H11FNO3PS/c12-8-3-5-9(6-4-8)13-11(17(14,15)16)10-2-1-7-18-10/h1-7,11,13H,(H2,14,15,16)/t11-/m0/s1. The molecule has 0 aliphatic heterocycles. The third-order valence-corrected chi connectivity index (χ3v) is 4.49. The molecule has 3 N–H and O–H groups in total. The Hall–Kier alpha value is -1.20. The maximum Gasteiger partial charge on any atom is 0.352 e.